The summed E-state index contributed by atoms with van der Waals surface area (Å²) in [5, 5.41) is 3.44. The molecule has 0 saturated carbocycles. The van der Waals surface area contributed by atoms with Crippen LogP contribution in [0.25, 0.3) is 0 Å². The third-order valence-electron chi connectivity index (χ3n) is 5.02. The second-order valence-electron chi connectivity index (χ2n) is 7.39. The van der Waals surface area contributed by atoms with Crippen molar-refractivity contribution in [2.24, 2.45) is 10.9 Å². The first-order chi connectivity index (χ1) is 13.7. The molecular formula is C23H32N4O. The van der Waals surface area contributed by atoms with E-state index in [1.165, 1.54) is 11.1 Å². The predicted molar refractivity (Wildman–Crippen MR) is 114 cm³/mol. The molecule has 2 aromatic rings. The van der Waals surface area contributed by atoms with Gasteiger partial charge in [-0.2, -0.15) is 0 Å². The average Bonchev–Trinajstić information content (AvgIpc) is 3.18. The number of pyridine rings is 1. The monoisotopic (exact) mass is 380 g/mol. The van der Waals surface area contributed by atoms with Gasteiger partial charge in [-0.05, 0) is 43.9 Å². The fraction of sp³-hybridized carbons (Fsp3) is 0.478. The Labute approximate surface area is 168 Å². The summed E-state index contributed by atoms with van der Waals surface area (Å²) in [4.78, 5) is 11.6. The van der Waals surface area contributed by atoms with Crippen LogP contribution in [0.5, 0.6) is 0 Å². The van der Waals surface area contributed by atoms with Crippen molar-refractivity contribution in [3.63, 3.8) is 0 Å². The Morgan fingerprint density at radius 1 is 1.21 bits per heavy atom. The van der Waals surface area contributed by atoms with Crippen LogP contribution in [-0.4, -0.2) is 48.6 Å². The third kappa shape index (κ3) is 6.34. The first-order valence-corrected chi connectivity index (χ1v) is 10.3. The summed E-state index contributed by atoms with van der Waals surface area (Å²) in [5.74, 6) is 1.59. The zero-order valence-corrected chi connectivity index (χ0v) is 17.1. The standard InChI is InChI=1S/C23H32N4O/c1-3-24-23(25-13-11-20-10-9-19(2)26-15-20)27-14-12-22(16-27)18-28-17-21-7-5-4-6-8-21/h4-10,15,22H,3,11-14,16-18H2,1-2H3,(H,24,25). The zero-order valence-electron chi connectivity index (χ0n) is 17.1. The largest absolute Gasteiger partial charge is 0.376 e. The second kappa shape index (κ2) is 10.8. The number of guanidine groups is 1. The van der Waals surface area contributed by atoms with Gasteiger partial charge in [-0.15, -0.1) is 0 Å². The van der Waals surface area contributed by atoms with Crippen molar-refractivity contribution in [2.75, 3.05) is 32.8 Å². The van der Waals surface area contributed by atoms with Gasteiger partial charge in [0.2, 0.25) is 0 Å². The van der Waals surface area contributed by atoms with E-state index in [0.29, 0.717) is 12.5 Å². The van der Waals surface area contributed by atoms with E-state index >= 15 is 0 Å². The van der Waals surface area contributed by atoms with Crippen LogP contribution in [0.2, 0.25) is 0 Å². The Hall–Kier alpha value is -2.40. The number of rotatable bonds is 8. The van der Waals surface area contributed by atoms with Gasteiger partial charge in [0, 0.05) is 44.0 Å². The lowest BCUT2D eigenvalue weighted by atomic mass is 10.1. The number of aryl methyl sites for hydroxylation is 1. The fourth-order valence-corrected chi connectivity index (χ4v) is 3.44. The molecule has 1 aliphatic heterocycles. The Morgan fingerprint density at radius 2 is 2.07 bits per heavy atom. The molecular weight excluding hydrogens is 348 g/mol. The minimum absolute atomic E-state index is 0.564. The summed E-state index contributed by atoms with van der Waals surface area (Å²) in [6.45, 7) is 9.34. The number of nitrogens with zero attached hydrogens (tertiary/aromatic N) is 3. The molecule has 150 valence electrons. The molecule has 1 aromatic carbocycles. The highest BCUT2D eigenvalue weighted by atomic mass is 16.5. The fourth-order valence-electron chi connectivity index (χ4n) is 3.44. The molecule has 1 fully saturated rings. The van der Waals surface area contributed by atoms with Crippen LogP contribution < -0.4 is 5.32 Å². The van der Waals surface area contributed by atoms with E-state index in [2.05, 4.69) is 58.5 Å². The molecule has 1 N–H and O–H groups in total. The number of aliphatic imine (C=N–C) groups is 1. The van der Waals surface area contributed by atoms with Gasteiger partial charge in [-0.25, -0.2) is 0 Å². The van der Waals surface area contributed by atoms with Crippen LogP contribution in [0.3, 0.4) is 0 Å². The van der Waals surface area contributed by atoms with Crippen LogP contribution in [0.1, 0.15) is 30.2 Å². The maximum atomic E-state index is 5.95. The van der Waals surface area contributed by atoms with E-state index in [9.17, 15) is 0 Å². The molecule has 0 amide bonds. The van der Waals surface area contributed by atoms with Gasteiger partial charge in [0.15, 0.2) is 5.96 Å². The molecule has 1 unspecified atom stereocenters. The van der Waals surface area contributed by atoms with Gasteiger partial charge in [0.05, 0.1) is 13.2 Å². The summed E-state index contributed by atoms with van der Waals surface area (Å²) in [5.41, 5.74) is 3.52. The summed E-state index contributed by atoms with van der Waals surface area (Å²) < 4.78 is 5.95. The molecule has 0 bridgehead atoms. The van der Waals surface area contributed by atoms with Crippen molar-refractivity contribution >= 4 is 5.96 Å². The lowest BCUT2D eigenvalue weighted by molar-refractivity contribution is 0.0907. The molecule has 2 heterocycles. The Balaban J connectivity index is 1.45. The van der Waals surface area contributed by atoms with Crippen molar-refractivity contribution in [3.05, 3.63) is 65.5 Å². The SMILES string of the molecule is CCNC(=NCCc1ccc(C)nc1)N1CCC(COCc2ccccc2)C1. The van der Waals surface area contributed by atoms with Gasteiger partial charge < -0.3 is 15.0 Å². The minimum Gasteiger partial charge on any atom is -0.376 e. The van der Waals surface area contributed by atoms with Crippen LogP contribution in [0.4, 0.5) is 0 Å². The third-order valence-corrected chi connectivity index (χ3v) is 5.02. The lowest BCUT2D eigenvalue weighted by Crippen LogP contribution is -2.40. The number of likely N-dealkylation sites (tertiary alicyclic amines) is 1. The molecule has 1 saturated heterocycles. The van der Waals surface area contributed by atoms with E-state index in [0.717, 1.165) is 57.3 Å². The van der Waals surface area contributed by atoms with Gasteiger partial charge >= 0.3 is 0 Å². The van der Waals surface area contributed by atoms with E-state index in [1.54, 1.807) is 0 Å². The Kier molecular flexibility index (Phi) is 7.85. The number of ether oxygens (including phenoxy) is 1. The van der Waals surface area contributed by atoms with Crippen LogP contribution >= 0.6 is 0 Å². The topological polar surface area (TPSA) is 49.8 Å². The van der Waals surface area contributed by atoms with Gasteiger partial charge in [-0.3, -0.25) is 9.98 Å². The van der Waals surface area contributed by atoms with Gasteiger partial charge in [0.1, 0.15) is 0 Å². The van der Waals surface area contributed by atoms with E-state index < -0.39 is 0 Å². The molecule has 28 heavy (non-hydrogen) atoms. The molecule has 5 heteroatoms. The summed E-state index contributed by atoms with van der Waals surface area (Å²) in [6.07, 6.45) is 4.02. The highest BCUT2D eigenvalue weighted by molar-refractivity contribution is 5.80. The summed E-state index contributed by atoms with van der Waals surface area (Å²) in [6, 6.07) is 14.6. The molecule has 0 spiro atoms. The first-order valence-electron chi connectivity index (χ1n) is 10.3. The van der Waals surface area contributed by atoms with E-state index in [4.69, 9.17) is 9.73 Å². The molecule has 1 aliphatic rings. The molecule has 0 radical (unpaired) electrons. The Bertz CT molecular complexity index is 730. The second-order valence-corrected chi connectivity index (χ2v) is 7.39. The predicted octanol–water partition coefficient (Wildman–Crippen LogP) is 3.44. The number of aromatic nitrogens is 1. The van der Waals surface area contributed by atoms with Crippen molar-refractivity contribution < 1.29 is 4.74 Å². The van der Waals surface area contributed by atoms with Crippen LogP contribution in [0.15, 0.2) is 53.7 Å². The number of nitrogens with one attached hydrogen (secondary N) is 1. The Morgan fingerprint density at radius 3 is 2.82 bits per heavy atom. The van der Waals surface area contributed by atoms with Crippen molar-refractivity contribution in [3.8, 4) is 0 Å². The number of hydrogen-bond acceptors (Lipinski definition) is 3. The average molecular weight is 381 g/mol. The van der Waals surface area contributed by atoms with Crippen LogP contribution in [0, 0.1) is 12.8 Å². The van der Waals surface area contributed by atoms with Gasteiger partial charge in [0.25, 0.3) is 0 Å². The normalized spacial score (nSPS) is 17.1. The van der Waals surface area contributed by atoms with Crippen molar-refractivity contribution in [1.82, 2.24) is 15.2 Å². The molecule has 5 nitrogen and oxygen atoms in total. The van der Waals surface area contributed by atoms with Crippen molar-refractivity contribution in [2.45, 2.75) is 33.3 Å². The quantitative estimate of drug-likeness (QED) is 0.563. The highest BCUT2D eigenvalue weighted by Gasteiger charge is 2.24. The zero-order chi connectivity index (χ0) is 19.6. The van der Waals surface area contributed by atoms with E-state index in [-0.39, 0.29) is 0 Å². The first kappa shape index (κ1) is 20.3. The summed E-state index contributed by atoms with van der Waals surface area (Å²) >= 11 is 0. The molecule has 1 aromatic heterocycles. The number of hydrogen-bond donors (Lipinski definition) is 1. The lowest BCUT2D eigenvalue weighted by Gasteiger charge is -2.21. The van der Waals surface area contributed by atoms with Crippen molar-refractivity contribution in [1.29, 1.82) is 0 Å². The van der Waals surface area contributed by atoms with E-state index in [1.807, 2.05) is 19.2 Å². The van der Waals surface area contributed by atoms with Gasteiger partial charge in [-0.1, -0.05) is 36.4 Å². The summed E-state index contributed by atoms with van der Waals surface area (Å²) in [7, 11) is 0. The molecule has 1 atom stereocenters. The minimum atomic E-state index is 0.564. The number of benzene rings is 1. The van der Waals surface area contributed by atoms with Crippen LogP contribution in [-0.2, 0) is 17.8 Å². The highest BCUT2D eigenvalue weighted by Crippen LogP contribution is 2.17. The maximum absolute atomic E-state index is 5.95. The maximum Gasteiger partial charge on any atom is 0.193 e. The molecule has 3 rings (SSSR count). The molecule has 0 aliphatic carbocycles. The smallest absolute Gasteiger partial charge is 0.193 e.